The smallest absolute Gasteiger partial charge is 0.336 e. The van der Waals surface area contributed by atoms with E-state index in [0.717, 1.165) is 0 Å². The van der Waals surface area contributed by atoms with Crippen molar-refractivity contribution >= 4 is 11.9 Å². The molecule has 2 atom stereocenters. The van der Waals surface area contributed by atoms with Crippen molar-refractivity contribution in [2.75, 3.05) is 27.8 Å². The molecule has 0 fully saturated rings. The number of rotatable bonds is 5. The minimum Gasteiger partial charge on any atom is -0.493 e. The van der Waals surface area contributed by atoms with Crippen LogP contribution in [0.25, 0.3) is 0 Å². The largest absolute Gasteiger partial charge is 0.493 e. The van der Waals surface area contributed by atoms with Crippen molar-refractivity contribution in [2.45, 2.75) is 5.92 Å². The molecule has 4 rings (SSSR count). The Morgan fingerprint density at radius 2 is 1.75 bits per heavy atom. The van der Waals surface area contributed by atoms with Crippen LogP contribution < -0.4 is 14.2 Å². The highest BCUT2D eigenvalue weighted by molar-refractivity contribution is 5.93. The minimum atomic E-state index is -1.28. The van der Waals surface area contributed by atoms with E-state index in [1.165, 1.54) is 26.4 Å². The monoisotopic (exact) mass is 392 g/mol. The normalized spacial score (nSPS) is 22.0. The molecule has 0 radical (unpaired) electrons. The number of hydrogen-bond acceptors (Lipinski definition) is 8. The van der Waals surface area contributed by atoms with Crippen LogP contribution in [-0.4, -0.2) is 50.0 Å². The minimum absolute atomic E-state index is 0.101. The van der Waals surface area contributed by atoms with E-state index in [9.17, 15) is 19.8 Å². The molecule has 28 heavy (non-hydrogen) atoms. The first-order valence-electron chi connectivity index (χ1n) is 8.20. The van der Waals surface area contributed by atoms with Crippen LogP contribution in [-0.2, 0) is 19.0 Å². The summed E-state index contributed by atoms with van der Waals surface area (Å²) in [6, 6.07) is 1.27. The van der Waals surface area contributed by atoms with Crippen LogP contribution in [0.2, 0.25) is 0 Å². The molecule has 1 aromatic carbocycles. The SMILES string of the molecule is COC1=CC(C(=O)O)C(c2c(C(=O)O)cc(OC)c3c2OCO3)C2=C1OCO2. The number of ether oxygens (including phenoxy) is 6. The molecular formula is C18H16O10. The second-order valence-electron chi connectivity index (χ2n) is 6.09. The number of carboxylic acids is 2. The summed E-state index contributed by atoms with van der Waals surface area (Å²) < 4.78 is 32.3. The van der Waals surface area contributed by atoms with E-state index >= 15 is 0 Å². The van der Waals surface area contributed by atoms with Gasteiger partial charge in [0.2, 0.25) is 25.1 Å². The van der Waals surface area contributed by atoms with Gasteiger partial charge in [-0.15, -0.1) is 0 Å². The summed E-state index contributed by atoms with van der Waals surface area (Å²) in [5.41, 5.74) is -0.0773. The summed E-state index contributed by atoms with van der Waals surface area (Å²) in [5, 5.41) is 19.6. The Bertz CT molecular complexity index is 929. The second kappa shape index (κ2) is 6.55. The zero-order valence-electron chi connectivity index (χ0n) is 14.9. The fourth-order valence-corrected chi connectivity index (χ4v) is 3.59. The van der Waals surface area contributed by atoms with E-state index in [1.807, 2.05) is 0 Å². The Hall–Kier alpha value is -3.56. The number of allylic oxidation sites excluding steroid dienone is 1. The number of fused-ring (bicyclic) bond motifs is 1. The maximum absolute atomic E-state index is 12.0. The predicted octanol–water partition coefficient (Wildman–Crippen LogP) is 1.67. The lowest BCUT2D eigenvalue weighted by Crippen LogP contribution is -2.28. The second-order valence-corrected chi connectivity index (χ2v) is 6.09. The van der Waals surface area contributed by atoms with Gasteiger partial charge in [-0.25, -0.2) is 4.79 Å². The van der Waals surface area contributed by atoms with E-state index in [-0.39, 0.29) is 59.2 Å². The molecule has 1 aromatic rings. The van der Waals surface area contributed by atoms with Crippen LogP contribution in [0.15, 0.2) is 29.4 Å². The number of hydrogen-bond donors (Lipinski definition) is 2. The maximum atomic E-state index is 12.0. The van der Waals surface area contributed by atoms with Crippen LogP contribution in [0.5, 0.6) is 17.2 Å². The van der Waals surface area contributed by atoms with Crippen molar-refractivity contribution in [1.29, 1.82) is 0 Å². The van der Waals surface area contributed by atoms with E-state index in [2.05, 4.69) is 0 Å². The number of aliphatic carboxylic acids is 1. The number of carbonyl (C=O) groups is 2. The fraction of sp³-hybridized carbons (Fsp3) is 0.333. The lowest BCUT2D eigenvalue weighted by atomic mass is 9.78. The Morgan fingerprint density at radius 3 is 2.39 bits per heavy atom. The molecule has 10 heteroatoms. The third-order valence-corrected chi connectivity index (χ3v) is 4.75. The van der Waals surface area contributed by atoms with Gasteiger partial charge in [-0.3, -0.25) is 4.79 Å². The van der Waals surface area contributed by atoms with Gasteiger partial charge in [0.1, 0.15) is 0 Å². The van der Waals surface area contributed by atoms with Crippen molar-refractivity contribution in [1.82, 2.24) is 0 Å². The Morgan fingerprint density at radius 1 is 1.04 bits per heavy atom. The summed E-state index contributed by atoms with van der Waals surface area (Å²) in [6.07, 6.45) is 1.36. The quantitative estimate of drug-likeness (QED) is 0.763. The van der Waals surface area contributed by atoms with Gasteiger partial charge in [0, 0.05) is 5.56 Å². The third kappa shape index (κ3) is 2.48. The van der Waals surface area contributed by atoms with Gasteiger partial charge in [0.25, 0.3) is 0 Å². The number of carboxylic acid groups (broad SMARTS) is 2. The van der Waals surface area contributed by atoms with E-state index in [4.69, 9.17) is 28.4 Å². The van der Waals surface area contributed by atoms with Crippen LogP contribution >= 0.6 is 0 Å². The van der Waals surface area contributed by atoms with Gasteiger partial charge in [0.15, 0.2) is 23.0 Å². The molecule has 2 aliphatic heterocycles. The summed E-state index contributed by atoms with van der Waals surface area (Å²) in [4.78, 5) is 24.0. The van der Waals surface area contributed by atoms with Gasteiger partial charge >= 0.3 is 11.9 Å². The Labute approximate surface area is 158 Å². The van der Waals surface area contributed by atoms with Gasteiger partial charge in [-0.2, -0.15) is 0 Å². The number of aromatic carboxylic acids is 1. The summed E-state index contributed by atoms with van der Waals surface area (Å²) >= 11 is 0. The molecule has 0 bridgehead atoms. The highest BCUT2D eigenvalue weighted by Gasteiger charge is 2.47. The molecule has 0 saturated carbocycles. The average molecular weight is 392 g/mol. The number of benzene rings is 1. The summed E-state index contributed by atoms with van der Waals surface area (Å²) in [6.45, 7) is -0.305. The van der Waals surface area contributed by atoms with Crippen LogP contribution in [0.1, 0.15) is 21.8 Å². The lowest BCUT2D eigenvalue weighted by Gasteiger charge is -2.28. The average Bonchev–Trinajstić information content (AvgIpc) is 3.34. The summed E-state index contributed by atoms with van der Waals surface area (Å²) in [7, 11) is 2.74. The molecule has 3 aliphatic rings. The molecule has 0 saturated heterocycles. The van der Waals surface area contributed by atoms with E-state index < -0.39 is 23.8 Å². The van der Waals surface area contributed by atoms with Crippen LogP contribution in [0.3, 0.4) is 0 Å². The topological polar surface area (TPSA) is 130 Å². The standard InChI is InChI=1S/C18H16O10/c1-23-9-3-7(17(19)20)11(15-13(9)25-5-27-15)12-8(18(21)22)4-10(24-2)14-16(12)28-6-26-14/h3-4,7,11H,5-6H2,1-2H3,(H,19,20)(H,21,22). The number of methoxy groups -OCH3 is 2. The maximum Gasteiger partial charge on any atom is 0.336 e. The van der Waals surface area contributed by atoms with E-state index in [1.54, 1.807) is 0 Å². The molecule has 0 amide bonds. The zero-order valence-corrected chi connectivity index (χ0v) is 14.9. The first kappa shape index (κ1) is 17.8. The fourth-order valence-electron chi connectivity index (χ4n) is 3.59. The Balaban J connectivity index is 2.00. The van der Waals surface area contributed by atoms with Gasteiger partial charge in [-0.1, -0.05) is 0 Å². The van der Waals surface area contributed by atoms with Crippen LogP contribution in [0, 0.1) is 5.92 Å². The summed E-state index contributed by atoms with van der Waals surface area (Å²) in [5.74, 6) is -3.62. The molecule has 1 aliphatic carbocycles. The molecule has 2 N–H and O–H groups in total. The molecular weight excluding hydrogens is 376 g/mol. The van der Waals surface area contributed by atoms with Crippen molar-refractivity contribution in [3.63, 3.8) is 0 Å². The highest BCUT2D eigenvalue weighted by Crippen LogP contribution is 2.54. The van der Waals surface area contributed by atoms with Gasteiger partial charge in [-0.05, 0) is 12.1 Å². The van der Waals surface area contributed by atoms with Gasteiger partial charge in [0.05, 0.1) is 31.6 Å². The first-order valence-corrected chi connectivity index (χ1v) is 8.20. The molecule has 148 valence electrons. The van der Waals surface area contributed by atoms with Crippen molar-refractivity contribution in [2.24, 2.45) is 5.92 Å². The molecule has 0 aromatic heterocycles. The first-order chi connectivity index (χ1) is 13.5. The highest BCUT2D eigenvalue weighted by atomic mass is 16.7. The molecule has 0 spiro atoms. The third-order valence-electron chi connectivity index (χ3n) is 4.75. The predicted molar refractivity (Wildman–Crippen MR) is 89.1 cm³/mol. The van der Waals surface area contributed by atoms with Crippen molar-refractivity contribution in [3.05, 3.63) is 40.5 Å². The van der Waals surface area contributed by atoms with Crippen molar-refractivity contribution < 1.29 is 48.2 Å². The zero-order chi connectivity index (χ0) is 20.0. The molecule has 2 unspecified atom stereocenters. The van der Waals surface area contributed by atoms with Gasteiger partial charge < -0.3 is 38.6 Å². The van der Waals surface area contributed by atoms with E-state index in [0.29, 0.717) is 0 Å². The lowest BCUT2D eigenvalue weighted by molar-refractivity contribution is -0.141. The van der Waals surface area contributed by atoms with Crippen molar-refractivity contribution in [3.8, 4) is 17.2 Å². The Kier molecular flexibility index (Phi) is 4.17. The molecule has 2 heterocycles. The van der Waals surface area contributed by atoms with Crippen LogP contribution in [0.4, 0.5) is 0 Å². The molecule has 10 nitrogen and oxygen atoms in total.